The van der Waals surface area contributed by atoms with Gasteiger partial charge in [0.25, 0.3) is 0 Å². The maximum absolute atomic E-state index is 10.1. The second-order valence-electron chi connectivity index (χ2n) is 8.39. The molecule has 1 N–H and O–H groups in total. The number of aromatic hydroxyl groups is 1. The van der Waals surface area contributed by atoms with Gasteiger partial charge in [-0.2, -0.15) is 0 Å². The summed E-state index contributed by atoms with van der Waals surface area (Å²) in [4.78, 5) is 5.19. The highest BCUT2D eigenvalue weighted by atomic mass is 16.3. The highest BCUT2D eigenvalue weighted by Crippen LogP contribution is 2.40. The molecular weight excluding hydrogens is 320 g/mol. The highest BCUT2D eigenvalue weighted by Gasteiger charge is 2.41. The summed E-state index contributed by atoms with van der Waals surface area (Å²) in [5, 5.41) is 10.1. The summed E-state index contributed by atoms with van der Waals surface area (Å²) in [5.74, 6) is 0.429. The molecule has 2 saturated heterocycles. The molecule has 1 spiro atoms. The molecule has 1 atom stereocenters. The molecule has 3 nitrogen and oxygen atoms in total. The number of para-hydroxylation sites is 1. The lowest BCUT2D eigenvalue weighted by molar-refractivity contribution is 0.0865. The van der Waals surface area contributed by atoms with Crippen LogP contribution in [0, 0.1) is 12.3 Å². The minimum Gasteiger partial charge on any atom is -0.508 e. The third kappa shape index (κ3) is 3.94. The fourth-order valence-corrected chi connectivity index (χ4v) is 4.90. The van der Waals surface area contributed by atoms with Crippen LogP contribution < -0.4 is 0 Å². The van der Waals surface area contributed by atoms with Crippen molar-refractivity contribution in [2.45, 2.75) is 39.3 Å². The van der Waals surface area contributed by atoms with Gasteiger partial charge in [0, 0.05) is 31.7 Å². The molecule has 3 heteroatoms. The Hall–Kier alpha value is -1.84. The lowest BCUT2D eigenvalue weighted by Crippen LogP contribution is -2.44. The number of phenolic OH excluding ortho intramolecular Hbond substituents is 1. The number of nitrogens with zero attached hydrogens (tertiary/aromatic N) is 2. The number of likely N-dealkylation sites (tertiary alicyclic amines) is 2. The normalized spacial score (nSPS) is 24.3. The second kappa shape index (κ2) is 7.42. The molecule has 26 heavy (non-hydrogen) atoms. The maximum Gasteiger partial charge on any atom is 0.120 e. The Bertz CT molecular complexity index is 759. The molecule has 0 amide bonds. The van der Waals surface area contributed by atoms with E-state index in [4.69, 9.17) is 0 Å². The van der Waals surface area contributed by atoms with E-state index in [0.29, 0.717) is 11.2 Å². The quantitative estimate of drug-likeness (QED) is 0.896. The first-order valence-corrected chi connectivity index (χ1v) is 9.89. The highest BCUT2D eigenvalue weighted by molar-refractivity contribution is 5.31. The number of benzene rings is 2. The average molecular weight is 351 g/mol. The van der Waals surface area contributed by atoms with Gasteiger partial charge in [0.15, 0.2) is 0 Å². The van der Waals surface area contributed by atoms with Crippen LogP contribution in [0.25, 0.3) is 0 Å². The zero-order valence-electron chi connectivity index (χ0n) is 15.8. The molecule has 0 aromatic heterocycles. The van der Waals surface area contributed by atoms with Crippen molar-refractivity contribution in [1.82, 2.24) is 9.80 Å². The zero-order chi connectivity index (χ0) is 18.0. The largest absolute Gasteiger partial charge is 0.508 e. The van der Waals surface area contributed by atoms with E-state index >= 15 is 0 Å². The maximum atomic E-state index is 10.1. The topological polar surface area (TPSA) is 26.7 Å². The Kier molecular flexibility index (Phi) is 5.01. The van der Waals surface area contributed by atoms with Gasteiger partial charge in [0.2, 0.25) is 0 Å². The van der Waals surface area contributed by atoms with Gasteiger partial charge in [-0.05, 0) is 56.3 Å². The first-order chi connectivity index (χ1) is 12.6. The standard InChI is InChI=1S/C23H30N2O/c1-19-6-4-7-20(14-19)15-24-12-5-10-23(17-24)11-13-25(18-23)16-21-8-2-3-9-22(21)26/h2-4,6-9,14,26H,5,10-13,15-18H2,1H3/t23-/m1/s1. The lowest BCUT2D eigenvalue weighted by Gasteiger charge is -2.40. The molecule has 2 heterocycles. The lowest BCUT2D eigenvalue weighted by atomic mass is 9.79. The SMILES string of the molecule is Cc1cccc(CN2CCC[C@@]3(CCN(Cc4ccccc4O)C3)C2)c1. The number of piperidine rings is 1. The third-order valence-electron chi connectivity index (χ3n) is 6.13. The first-order valence-electron chi connectivity index (χ1n) is 9.89. The van der Waals surface area contributed by atoms with Crippen LogP contribution in [0.15, 0.2) is 48.5 Å². The summed E-state index contributed by atoms with van der Waals surface area (Å²) < 4.78 is 0. The molecule has 0 bridgehead atoms. The van der Waals surface area contributed by atoms with Gasteiger partial charge in [0.1, 0.15) is 5.75 Å². The summed E-state index contributed by atoms with van der Waals surface area (Å²) in [6.07, 6.45) is 3.93. The fourth-order valence-electron chi connectivity index (χ4n) is 4.90. The Labute approximate surface area is 157 Å². The average Bonchev–Trinajstić information content (AvgIpc) is 2.99. The molecular formula is C23H30N2O. The summed E-state index contributed by atoms with van der Waals surface area (Å²) in [7, 11) is 0. The predicted octanol–water partition coefficient (Wildman–Crippen LogP) is 4.19. The van der Waals surface area contributed by atoms with Crippen molar-refractivity contribution in [3.05, 3.63) is 65.2 Å². The van der Waals surface area contributed by atoms with Crippen LogP contribution >= 0.6 is 0 Å². The molecule has 2 aliphatic rings. The zero-order valence-corrected chi connectivity index (χ0v) is 15.8. The smallest absolute Gasteiger partial charge is 0.120 e. The van der Waals surface area contributed by atoms with E-state index in [2.05, 4.69) is 41.0 Å². The van der Waals surface area contributed by atoms with Crippen molar-refractivity contribution < 1.29 is 5.11 Å². The monoisotopic (exact) mass is 350 g/mol. The summed E-state index contributed by atoms with van der Waals surface area (Å²) in [6.45, 7) is 8.84. The number of hydrogen-bond donors (Lipinski definition) is 1. The van der Waals surface area contributed by atoms with Gasteiger partial charge < -0.3 is 5.11 Å². The molecule has 0 saturated carbocycles. The number of rotatable bonds is 4. The second-order valence-corrected chi connectivity index (χ2v) is 8.39. The number of phenols is 1. The summed E-state index contributed by atoms with van der Waals surface area (Å²) in [6, 6.07) is 16.7. The van der Waals surface area contributed by atoms with Crippen LogP contribution in [0.5, 0.6) is 5.75 Å². The fraction of sp³-hybridized carbons (Fsp3) is 0.478. The van der Waals surface area contributed by atoms with Crippen LogP contribution in [-0.2, 0) is 13.1 Å². The van der Waals surface area contributed by atoms with Gasteiger partial charge in [-0.3, -0.25) is 9.80 Å². The first kappa shape index (κ1) is 17.6. The van der Waals surface area contributed by atoms with Gasteiger partial charge in [0.05, 0.1) is 0 Å². The molecule has 0 unspecified atom stereocenters. The van der Waals surface area contributed by atoms with E-state index in [9.17, 15) is 5.11 Å². The van der Waals surface area contributed by atoms with E-state index in [1.54, 1.807) is 6.07 Å². The van der Waals surface area contributed by atoms with Gasteiger partial charge in [-0.1, -0.05) is 48.0 Å². The Morgan fingerprint density at radius 1 is 0.923 bits per heavy atom. The van der Waals surface area contributed by atoms with Crippen LogP contribution in [0.4, 0.5) is 0 Å². The van der Waals surface area contributed by atoms with Crippen LogP contribution in [0.3, 0.4) is 0 Å². The summed E-state index contributed by atoms with van der Waals surface area (Å²) in [5.41, 5.74) is 4.28. The molecule has 2 aromatic rings. The van der Waals surface area contributed by atoms with Crippen molar-refractivity contribution in [3.63, 3.8) is 0 Å². The van der Waals surface area contributed by atoms with Crippen molar-refractivity contribution in [3.8, 4) is 5.75 Å². The minimum atomic E-state index is 0.429. The molecule has 4 rings (SSSR count). The molecule has 0 radical (unpaired) electrons. The van der Waals surface area contributed by atoms with E-state index in [-0.39, 0.29) is 0 Å². The Morgan fingerprint density at radius 2 is 1.73 bits per heavy atom. The van der Waals surface area contributed by atoms with E-state index < -0.39 is 0 Å². The van der Waals surface area contributed by atoms with Gasteiger partial charge in [-0.25, -0.2) is 0 Å². The Balaban J connectivity index is 1.38. The molecule has 138 valence electrons. The summed E-state index contributed by atoms with van der Waals surface area (Å²) >= 11 is 0. The third-order valence-corrected chi connectivity index (χ3v) is 6.13. The van der Waals surface area contributed by atoms with Gasteiger partial charge >= 0.3 is 0 Å². The van der Waals surface area contributed by atoms with Crippen molar-refractivity contribution in [1.29, 1.82) is 0 Å². The van der Waals surface area contributed by atoms with Crippen LogP contribution in [0.1, 0.15) is 36.0 Å². The molecule has 2 aromatic carbocycles. The van der Waals surface area contributed by atoms with Gasteiger partial charge in [-0.15, -0.1) is 0 Å². The van der Waals surface area contributed by atoms with E-state index in [1.807, 2.05) is 18.2 Å². The van der Waals surface area contributed by atoms with E-state index in [0.717, 1.165) is 31.7 Å². The number of hydrogen-bond acceptors (Lipinski definition) is 3. The predicted molar refractivity (Wildman–Crippen MR) is 106 cm³/mol. The molecule has 0 aliphatic carbocycles. The van der Waals surface area contributed by atoms with Crippen LogP contribution in [-0.4, -0.2) is 41.1 Å². The number of aryl methyl sites for hydroxylation is 1. The van der Waals surface area contributed by atoms with Crippen molar-refractivity contribution in [2.24, 2.45) is 5.41 Å². The molecule has 2 aliphatic heterocycles. The van der Waals surface area contributed by atoms with E-state index in [1.165, 1.54) is 43.5 Å². The molecule has 2 fully saturated rings. The minimum absolute atomic E-state index is 0.429. The van der Waals surface area contributed by atoms with Crippen LogP contribution in [0.2, 0.25) is 0 Å². The van der Waals surface area contributed by atoms with Crippen molar-refractivity contribution in [2.75, 3.05) is 26.2 Å². The Morgan fingerprint density at radius 3 is 2.54 bits per heavy atom. The van der Waals surface area contributed by atoms with Crippen molar-refractivity contribution >= 4 is 0 Å².